The highest BCUT2D eigenvalue weighted by Crippen LogP contribution is 1.88. The van der Waals surface area contributed by atoms with E-state index < -0.39 is 0 Å². The Bertz CT molecular complexity index is 492. The molecule has 0 fully saturated rings. The number of aromatic nitrogens is 3. The van der Waals surface area contributed by atoms with Gasteiger partial charge in [-0.05, 0) is 25.1 Å². The zero-order valence-corrected chi connectivity index (χ0v) is 14.6. The molecule has 2 heterocycles. The largest absolute Gasteiger partial charge is 0.357 e. The van der Waals surface area contributed by atoms with Crippen molar-refractivity contribution < 1.29 is 0 Å². The molecule has 0 atom stereocenters. The van der Waals surface area contributed by atoms with Gasteiger partial charge < -0.3 is 15.2 Å². The summed E-state index contributed by atoms with van der Waals surface area (Å²) in [5, 5.41) is 10.7. The summed E-state index contributed by atoms with van der Waals surface area (Å²) in [5.74, 6) is 0.854. The maximum Gasteiger partial charge on any atom is 0.191 e. The normalized spacial score (nSPS) is 11.0. The van der Waals surface area contributed by atoms with Crippen LogP contribution in [0.15, 0.2) is 48.0 Å². The van der Waals surface area contributed by atoms with E-state index in [1.165, 1.54) is 0 Å². The van der Waals surface area contributed by atoms with Crippen LogP contribution in [-0.4, -0.2) is 39.9 Å². The average molecular weight is 402 g/mol. The lowest BCUT2D eigenvalue weighted by Gasteiger charge is -2.11. The number of nitrogens with one attached hydrogen (secondary N) is 2. The molecular formula is C14H23IN6. The predicted octanol–water partition coefficient (Wildman–Crippen LogP) is 1.56. The average Bonchev–Trinajstić information content (AvgIpc) is 3.11. The standard InChI is InChI=1S/C14H22N6.HI/c1-2-15-14(16-7-12-19-9-3-4-10-19)17-8-13-20-11-5-6-18-20;/h3-6,9-11H,2,7-8,12-13H2,1H3,(H2,15,16,17);1H. The van der Waals surface area contributed by atoms with Crippen molar-refractivity contribution in [3.8, 4) is 0 Å². The van der Waals surface area contributed by atoms with Crippen molar-refractivity contribution in [3.05, 3.63) is 43.0 Å². The van der Waals surface area contributed by atoms with Crippen molar-refractivity contribution in [1.82, 2.24) is 25.0 Å². The van der Waals surface area contributed by atoms with Crippen molar-refractivity contribution in [1.29, 1.82) is 0 Å². The van der Waals surface area contributed by atoms with Crippen molar-refractivity contribution in [3.63, 3.8) is 0 Å². The summed E-state index contributed by atoms with van der Waals surface area (Å²) in [6.07, 6.45) is 7.85. The summed E-state index contributed by atoms with van der Waals surface area (Å²) in [4.78, 5) is 4.53. The molecule has 116 valence electrons. The van der Waals surface area contributed by atoms with E-state index >= 15 is 0 Å². The van der Waals surface area contributed by atoms with E-state index in [2.05, 4.69) is 44.6 Å². The molecule has 2 aromatic heterocycles. The first-order valence-corrected chi connectivity index (χ1v) is 6.99. The molecule has 0 aliphatic carbocycles. The van der Waals surface area contributed by atoms with Gasteiger partial charge in [0.25, 0.3) is 0 Å². The molecule has 0 radical (unpaired) electrons. The summed E-state index contributed by atoms with van der Waals surface area (Å²) in [6.45, 7) is 6.20. The first-order chi connectivity index (χ1) is 9.88. The van der Waals surface area contributed by atoms with Crippen LogP contribution in [0.1, 0.15) is 6.92 Å². The minimum absolute atomic E-state index is 0. The Morgan fingerprint density at radius 1 is 1.10 bits per heavy atom. The summed E-state index contributed by atoms with van der Waals surface area (Å²) in [6, 6.07) is 5.98. The molecule has 2 rings (SSSR count). The van der Waals surface area contributed by atoms with Gasteiger partial charge in [-0.25, -0.2) is 0 Å². The zero-order valence-electron chi connectivity index (χ0n) is 12.3. The van der Waals surface area contributed by atoms with Crippen molar-refractivity contribution in [2.75, 3.05) is 19.6 Å². The van der Waals surface area contributed by atoms with Crippen molar-refractivity contribution in [2.24, 2.45) is 4.99 Å². The van der Waals surface area contributed by atoms with E-state index in [1.54, 1.807) is 6.20 Å². The molecule has 0 saturated heterocycles. The summed E-state index contributed by atoms with van der Waals surface area (Å²) >= 11 is 0. The third-order valence-corrected chi connectivity index (χ3v) is 2.83. The second-order valence-electron chi connectivity index (χ2n) is 4.38. The van der Waals surface area contributed by atoms with Gasteiger partial charge in [-0.1, -0.05) is 0 Å². The lowest BCUT2D eigenvalue weighted by molar-refractivity contribution is 0.619. The molecule has 0 saturated carbocycles. The Kier molecular flexibility index (Phi) is 8.56. The minimum atomic E-state index is 0. The SMILES string of the molecule is CCNC(=NCCn1cccn1)NCCn1cccc1.I. The highest BCUT2D eigenvalue weighted by molar-refractivity contribution is 14.0. The molecule has 0 amide bonds. The fourth-order valence-corrected chi connectivity index (χ4v) is 1.86. The van der Waals surface area contributed by atoms with Gasteiger partial charge in [0.05, 0.1) is 13.1 Å². The van der Waals surface area contributed by atoms with E-state index in [0.29, 0.717) is 6.54 Å². The monoisotopic (exact) mass is 402 g/mol. The molecule has 2 N–H and O–H groups in total. The molecule has 0 unspecified atom stereocenters. The molecule has 0 bridgehead atoms. The third-order valence-electron chi connectivity index (χ3n) is 2.83. The number of nitrogens with zero attached hydrogens (tertiary/aromatic N) is 4. The lowest BCUT2D eigenvalue weighted by atomic mass is 10.5. The Morgan fingerprint density at radius 2 is 1.90 bits per heavy atom. The second kappa shape index (κ2) is 10.3. The van der Waals surface area contributed by atoms with Crippen molar-refractivity contribution in [2.45, 2.75) is 20.0 Å². The topological polar surface area (TPSA) is 59.2 Å². The molecule has 2 aromatic rings. The van der Waals surface area contributed by atoms with Crippen LogP contribution < -0.4 is 10.6 Å². The van der Waals surface area contributed by atoms with Crippen LogP contribution in [0.2, 0.25) is 0 Å². The molecular weight excluding hydrogens is 379 g/mol. The zero-order chi connectivity index (χ0) is 14.0. The predicted molar refractivity (Wildman–Crippen MR) is 96.1 cm³/mol. The van der Waals surface area contributed by atoms with Gasteiger partial charge in [0.2, 0.25) is 0 Å². The molecule has 7 heteroatoms. The highest BCUT2D eigenvalue weighted by atomic mass is 127. The maximum atomic E-state index is 4.53. The van der Waals surface area contributed by atoms with E-state index in [1.807, 2.05) is 29.1 Å². The molecule has 0 aliphatic rings. The smallest absolute Gasteiger partial charge is 0.191 e. The Labute approximate surface area is 142 Å². The van der Waals surface area contributed by atoms with Gasteiger partial charge in [0.1, 0.15) is 0 Å². The van der Waals surface area contributed by atoms with Gasteiger partial charge >= 0.3 is 0 Å². The van der Waals surface area contributed by atoms with E-state index in [4.69, 9.17) is 0 Å². The molecule has 6 nitrogen and oxygen atoms in total. The van der Waals surface area contributed by atoms with Crippen LogP contribution in [0.5, 0.6) is 0 Å². The Hall–Kier alpha value is -1.51. The first-order valence-electron chi connectivity index (χ1n) is 6.99. The second-order valence-corrected chi connectivity index (χ2v) is 4.38. The van der Waals surface area contributed by atoms with Gasteiger partial charge in [-0.3, -0.25) is 9.67 Å². The van der Waals surface area contributed by atoms with Crippen LogP contribution in [0.4, 0.5) is 0 Å². The van der Waals surface area contributed by atoms with E-state index in [9.17, 15) is 0 Å². The van der Waals surface area contributed by atoms with Crippen molar-refractivity contribution >= 4 is 29.9 Å². The number of aliphatic imine (C=N–C) groups is 1. The fraction of sp³-hybridized carbons (Fsp3) is 0.429. The highest BCUT2D eigenvalue weighted by Gasteiger charge is 1.97. The molecule has 0 aromatic carbocycles. The lowest BCUT2D eigenvalue weighted by Crippen LogP contribution is -2.39. The Morgan fingerprint density at radius 3 is 2.57 bits per heavy atom. The van der Waals surface area contributed by atoms with Crippen LogP contribution in [0.25, 0.3) is 0 Å². The number of hydrogen-bond donors (Lipinski definition) is 2. The molecule has 0 spiro atoms. The number of halogens is 1. The Balaban J connectivity index is 0.00000220. The van der Waals surface area contributed by atoms with Crippen LogP contribution >= 0.6 is 24.0 Å². The minimum Gasteiger partial charge on any atom is -0.357 e. The quantitative estimate of drug-likeness (QED) is 0.420. The number of guanidine groups is 1. The number of rotatable bonds is 7. The van der Waals surface area contributed by atoms with E-state index in [0.717, 1.165) is 32.1 Å². The van der Waals surface area contributed by atoms with Gasteiger partial charge in [0.15, 0.2) is 5.96 Å². The molecule has 0 aliphatic heterocycles. The van der Waals surface area contributed by atoms with Crippen LogP contribution in [-0.2, 0) is 13.1 Å². The van der Waals surface area contributed by atoms with Crippen LogP contribution in [0, 0.1) is 0 Å². The third kappa shape index (κ3) is 6.65. The number of hydrogen-bond acceptors (Lipinski definition) is 2. The summed E-state index contributed by atoms with van der Waals surface area (Å²) in [7, 11) is 0. The summed E-state index contributed by atoms with van der Waals surface area (Å²) in [5.41, 5.74) is 0. The fourth-order valence-electron chi connectivity index (χ4n) is 1.86. The summed E-state index contributed by atoms with van der Waals surface area (Å²) < 4.78 is 4.02. The molecule has 21 heavy (non-hydrogen) atoms. The van der Waals surface area contributed by atoms with Crippen LogP contribution in [0.3, 0.4) is 0 Å². The first kappa shape index (κ1) is 17.5. The van der Waals surface area contributed by atoms with Gasteiger partial charge in [-0.2, -0.15) is 5.10 Å². The van der Waals surface area contributed by atoms with Gasteiger partial charge in [-0.15, -0.1) is 24.0 Å². The van der Waals surface area contributed by atoms with E-state index in [-0.39, 0.29) is 24.0 Å². The maximum absolute atomic E-state index is 4.53. The van der Waals surface area contributed by atoms with Gasteiger partial charge in [0, 0.05) is 44.4 Å².